The number of allylic oxidation sites excluding steroid dienone is 2. The number of nitrogens with zero attached hydrogens (tertiary/aromatic N) is 2. The minimum Gasteiger partial charge on any atom is -0.398 e. The number of nitrogens with two attached hydrogens (primary N) is 1. The Labute approximate surface area is 190 Å². The summed E-state index contributed by atoms with van der Waals surface area (Å²) in [7, 11) is 0. The molecule has 5 heteroatoms. The summed E-state index contributed by atoms with van der Waals surface area (Å²) in [6, 6.07) is 18.0. The second-order valence-electron chi connectivity index (χ2n) is 8.18. The number of fused-ring (bicyclic) bond motifs is 1. The molecule has 3 aromatic rings. The third kappa shape index (κ3) is 5.35. The second-order valence-corrected chi connectivity index (χ2v) is 8.18. The first kappa shape index (κ1) is 21.6. The highest BCUT2D eigenvalue weighted by atomic mass is 15.0. The van der Waals surface area contributed by atoms with Gasteiger partial charge in [-0.25, -0.2) is 0 Å². The number of benzene rings is 2. The molecule has 0 unspecified atom stereocenters. The molecule has 1 aliphatic rings. The maximum absolute atomic E-state index is 6.29. The number of hydrogen-bond acceptors (Lipinski definition) is 4. The molecule has 0 aliphatic heterocycles. The normalized spacial score (nSPS) is 14.4. The summed E-state index contributed by atoms with van der Waals surface area (Å²) in [6.07, 6.45) is 7.50. The highest BCUT2D eigenvalue weighted by Crippen LogP contribution is 2.35. The standard InChI is InChI=1S/C27H31N5/c1-3-15-29-25(21-12-13-21)17-19(2)32-27(23-10-6-7-11-24(23)28)31-18-26-22-9-5-4-8-20(22)14-16-30-26/h4-11,14,16-17,21,29H,2-3,12-13,15,18,28H2,1H3,(H,31,32)/b25-17-. The molecule has 5 nitrogen and oxygen atoms in total. The van der Waals surface area contributed by atoms with E-state index < -0.39 is 0 Å². The van der Waals surface area contributed by atoms with Crippen molar-refractivity contribution in [3.05, 3.63) is 96.1 Å². The van der Waals surface area contributed by atoms with Gasteiger partial charge in [-0.15, -0.1) is 0 Å². The van der Waals surface area contributed by atoms with E-state index in [1.807, 2.05) is 48.7 Å². The fourth-order valence-corrected chi connectivity index (χ4v) is 3.72. The molecule has 0 bridgehead atoms. The number of nitrogens with one attached hydrogen (secondary N) is 2. The number of aromatic nitrogens is 1. The average molecular weight is 426 g/mol. The molecule has 1 fully saturated rings. The molecule has 1 heterocycles. The molecule has 32 heavy (non-hydrogen) atoms. The Hall–Kier alpha value is -3.60. The quantitative estimate of drug-likeness (QED) is 0.192. The number of hydrogen-bond donors (Lipinski definition) is 3. The van der Waals surface area contributed by atoms with Crippen LogP contribution in [0.2, 0.25) is 0 Å². The zero-order valence-electron chi connectivity index (χ0n) is 18.6. The van der Waals surface area contributed by atoms with Crippen LogP contribution >= 0.6 is 0 Å². The van der Waals surface area contributed by atoms with E-state index in [9.17, 15) is 0 Å². The Morgan fingerprint density at radius 3 is 2.72 bits per heavy atom. The van der Waals surface area contributed by atoms with Crippen molar-refractivity contribution in [2.75, 3.05) is 12.3 Å². The van der Waals surface area contributed by atoms with Gasteiger partial charge in [0.05, 0.1) is 12.2 Å². The lowest BCUT2D eigenvalue weighted by atomic mass is 10.1. The maximum atomic E-state index is 6.29. The Morgan fingerprint density at radius 1 is 1.16 bits per heavy atom. The molecule has 0 spiro atoms. The van der Waals surface area contributed by atoms with Crippen molar-refractivity contribution in [1.29, 1.82) is 0 Å². The van der Waals surface area contributed by atoms with Gasteiger partial charge < -0.3 is 16.4 Å². The van der Waals surface area contributed by atoms with E-state index in [1.165, 1.54) is 18.5 Å². The topological polar surface area (TPSA) is 75.3 Å². The van der Waals surface area contributed by atoms with E-state index >= 15 is 0 Å². The summed E-state index contributed by atoms with van der Waals surface area (Å²) in [5.74, 6) is 1.31. The number of nitrogen functional groups attached to an aromatic ring is 1. The minimum atomic E-state index is 0.443. The van der Waals surface area contributed by atoms with Gasteiger partial charge in [0.15, 0.2) is 0 Å². The van der Waals surface area contributed by atoms with Crippen LogP contribution in [0.5, 0.6) is 0 Å². The molecule has 0 atom stereocenters. The minimum absolute atomic E-state index is 0.443. The fourth-order valence-electron chi connectivity index (χ4n) is 3.72. The van der Waals surface area contributed by atoms with Crippen molar-refractivity contribution < 1.29 is 0 Å². The van der Waals surface area contributed by atoms with Crippen LogP contribution in [0.1, 0.15) is 37.4 Å². The Balaban J connectivity index is 1.62. The van der Waals surface area contributed by atoms with Crippen molar-refractivity contribution in [2.24, 2.45) is 10.9 Å². The summed E-state index contributed by atoms with van der Waals surface area (Å²) in [6.45, 7) is 7.83. The van der Waals surface area contributed by atoms with Gasteiger partial charge >= 0.3 is 0 Å². The van der Waals surface area contributed by atoms with Gasteiger partial charge in [-0.2, -0.15) is 0 Å². The zero-order chi connectivity index (χ0) is 22.3. The van der Waals surface area contributed by atoms with E-state index in [2.05, 4.69) is 47.3 Å². The van der Waals surface area contributed by atoms with Crippen LogP contribution in [0.3, 0.4) is 0 Å². The predicted molar refractivity (Wildman–Crippen MR) is 134 cm³/mol. The summed E-state index contributed by atoms with van der Waals surface area (Å²) in [5.41, 5.74) is 10.8. The average Bonchev–Trinajstić information content (AvgIpc) is 3.65. The van der Waals surface area contributed by atoms with Crippen LogP contribution in [0, 0.1) is 5.92 Å². The van der Waals surface area contributed by atoms with Crippen LogP contribution in [-0.2, 0) is 6.54 Å². The second kappa shape index (κ2) is 10.1. The molecular weight excluding hydrogens is 394 g/mol. The summed E-state index contributed by atoms with van der Waals surface area (Å²) in [4.78, 5) is 9.47. The monoisotopic (exact) mass is 425 g/mol. The molecule has 164 valence electrons. The summed E-state index contributed by atoms with van der Waals surface area (Å²) in [5, 5.41) is 9.23. The van der Waals surface area contributed by atoms with Crippen LogP contribution < -0.4 is 16.4 Å². The summed E-state index contributed by atoms with van der Waals surface area (Å²) < 4.78 is 0. The Bertz CT molecular complexity index is 1150. The van der Waals surface area contributed by atoms with Gasteiger partial charge in [0.1, 0.15) is 5.84 Å². The lowest BCUT2D eigenvalue weighted by molar-refractivity contribution is 0.718. The van der Waals surface area contributed by atoms with Crippen LogP contribution in [0.25, 0.3) is 10.8 Å². The van der Waals surface area contributed by atoms with Crippen molar-refractivity contribution in [3.63, 3.8) is 0 Å². The van der Waals surface area contributed by atoms with E-state index in [0.717, 1.165) is 40.7 Å². The molecule has 2 aromatic carbocycles. The number of aliphatic imine (C=N–C) groups is 1. The Morgan fingerprint density at radius 2 is 1.94 bits per heavy atom. The van der Waals surface area contributed by atoms with Crippen LogP contribution in [-0.4, -0.2) is 17.4 Å². The van der Waals surface area contributed by atoms with Gasteiger partial charge in [-0.05, 0) is 54.8 Å². The van der Waals surface area contributed by atoms with E-state index in [1.54, 1.807) is 0 Å². The summed E-state index contributed by atoms with van der Waals surface area (Å²) >= 11 is 0. The molecule has 0 radical (unpaired) electrons. The van der Waals surface area contributed by atoms with Crippen LogP contribution in [0.15, 0.2) is 89.8 Å². The lowest BCUT2D eigenvalue weighted by Crippen LogP contribution is -2.25. The first-order chi connectivity index (χ1) is 15.7. The molecule has 1 aliphatic carbocycles. The molecular formula is C27H31N5. The lowest BCUT2D eigenvalue weighted by Gasteiger charge is -2.15. The predicted octanol–water partition coefficient (Wildman–Crippen LogP) is 5.16. The van der Waals surface area contributed by atoms with Gasteiger partial charge in [0.25, 0.3) is 0 Å². The van der Waals surface area contributed by atoms with Gasteiger partial charge in [-0.3, -0.25) is 9.98 Å². The first-order valence-electron chi connectivity index (χ1n) is 11.3. The maximum Gasteiger partial charge on any atom is 0.135 e. The number of rotatable bonds is 9. The van der Waals surface area contributed by atoms with Crippen LogP contribution in [0.4, 0.5) is 5.69 Å². The van der Waals surface area contributed by atoms with Crippen molar-refractivity contribution in [3.8, 4) is 0 Å². The van der Waals surface area contributed by atoms with Crippen molar-refractivity contribution in [1.82, 2.24) is 15.6 Å². The van der Waals surface area contributed by atoms with Crippen molar-refractivity contribution in [2.45, 2.75) is 32.7 Å². The fraction of sp³-hybridized carbons (Fsp3) is 0.259. The zero-order valence-corrected chi connectivity index (χ0v) is 18.6. The largest absolute Gasteiger partial charge is 0.398 e. The number of pyridine rings is 1. The smallest absolute Gasteiger partial charge is 0.135 e. The molecule has 1 aromatic heterocycles. The molecule has 0 amide bonds. The third-order valence-corrected chi connectivity index (χ3v) is 5.56. The molecule has 1 saturated carbocycles. The molecule has 4 rings (SSSR count). The number of anilines is 1. The number of para-hydroxylation sites is 1. The van der Waals surface area contributed by atoms with Gasteiger partial charge in [0, 0.05) is 40.8 Å². The Kier molecular flexibility index (Phi) is 6.85. The highest BCUT2D eigenvalue weighted by Gasteiger charge is 2.25. The first-order valence-corrected chi connectivity index (χ1v) is 11.3. The number of amidine groups is 1. The van der Waals surface area contributed by atoms with Gasteiger partial charge in [-0.1, -0.05) is 49.9 Å². The van der Waals surface area contributed by atoms with Gasteiger partial charge in [0.2, 0.25) is 0 Å². The molecule has 4 N–H and O–H groups in total. The van der Waals surface area contributed by atoms with E-state index in [0.29, 0.717) is 24.0 Å². The molecule has 0 saturated heterocycles. The third-order valence-electron chi connectivity index (χ3n) is 5.56. The highest BCUT2D eigenvalue weighted by molar-refractivity contribution is 6.04. The SMILES string of the molecule is C=C(/C=C(\NCCC)C1CC1)NC(=NCc1nccc2ccccc12)c1ccccc1N. The van der Waals surface area contributed by atoms with E-state index in [-0.39, 0.29) is 0 Å². The van der Waals surface area contributed by atoms with Crippen molar-refractivity contribution >= 4 is 22.3 Å². The van der Waals surface area contributed by atoms with E-state index in [4.69, 9.17) is 10.7 Å².